The Bertz CT molecular complexity index is 1100. The van der Waals surface area contributed by atoms with Crippen LogP contribution < -0.4 is 10.1 Å². The molecule has 1 unspecified atom stereocenters. The van der Waals surface area contributed by atoms with Crippen LogP contribution in [0.3, 0.4) is 0 Å². The highest BCUT2D eigenvalue weighted by atomic mass is 35.5. The molecular formula is C23H21ClN2O4S2. The number of nitrogens with zero attached hydrogens (tertiary/aromatic N) is 1. The van der Waals surface area contributed by atoms with Crippen LogP contribution in [0.5, 0.6) is 5.75 Å². The third-order valence-corrected chi connectivity index (χ3v) is 7.06. The first kappa shape index (κ1) is 22.8. The van der Waals surface area contributed by atoms with Crippen molar-refractivity contribution < 1.29 is 18.7 Å². The monoisotopic (exact) mass is 488 g/mol. The number of aromatic nitrogens is 1. The van der Waals surface area contributed by atoms with E-state index in [1.807, 2.05) is 55.5 Å². The molecule has 0 radical (unpaired) electrons. The maximum Gasteiger partial charge on any atom is 0.286 e. The molecule has 166 valence electrons. The van der Waals surface area contributed by atoms with Crippen LogP contribution in [0, 0.1) is 6.92 Å². The van der Waals surface area contributed by atoms with E-state index in [0.717, 1.165) is 44.4 Å². The topological polar surface area (TPSA) is 81.4 Å². The van der Waals surface area contributed by atoms with Crippen molar-refractivity contribution in [1.82, 2.24) is 10.3 Å². The average molecular weight is 489 g/mol. The molecule has 6 nitrogen and oxygen atoms in total. The Labute approximate surface area is 199 Å². The third kappa shape index (κ3) is 6.09. The summed E-state index contributed by atoms with van der Waals surface area (Å²) in [6.07, 6.45) is 1.15. The third-order valence-electron chi connectivity index (χ3n) is 4.83. The average Bonchev–Trinajstić information content (AvgIpc) is 3.29. The van der Waals surface area contributed by atoms with E-state index in [-0.39, 0.29) is 16.4 Å². The molecule has 0 saturated carbocycles. The molecule has 0 spiro atoms. The van der Waals surface area contributed by atoms with Crippen molar-refractivity contribution in [1.29, 1.82) is 0 Å². The highest BCUT2D eigenvalue weighted by Gasteiger charge is 2.31. The SMILES string of the molecule is Cc1oc(CSc2ccc(Cl)cc2)nc1CCOc1ccc(CC2SC(=O)NC2=O)cc1. The molecule has 2 amide bonds. The minimum atomic E-state index is -0.364. The van der Waals surface area contributed by atoms with Gasteiger partial charge in [-0.3, -0.25) is 14.9 Å². The molecule has 1 aliphatic heterocycles. The van der Waals surface area contributed by atoms with Gasteiger partial charge in [0.05, 0.1) is 23.3 Å². The van der Waals surface area contributed by atoms with E-state index in [2.05, 4.69) is 10.3 Å². The highest BCUT2D eigenvalue weighted by Crippen LogP contribution is 2.26. The number of hydrogen-bond acceptors (Lipinski definition) is 7. The van der Waals surface area contributed by atoms with Gasteiger partial charge in [0.2, 0.25) is 11.8 Å². The van der Waals surface area contributed by atoms with Gasteiger partial charge in [0.1, 0.15) is 11.5 Å². The van der Waals surface area contributed by atoms with Crippen LogP contribution in [0.4, 0.5) is 4.79 Å². The number of halogens is 1. The summed E-state index contributed by atoms with van der Waals surface area (Å²) in [6, 6.07) is 15.3. The number of carbonyl (C=O) groups is 2. The predicted octanol–water partition coefficient (Wildman–Crippen LogP) is 5.44. The lowest BCUT2D eigenvalue weighted by Crippen LogP contribution is -2.25. The van der Waals surface area contributed by atoms with Gasteiger partial charge in [-0.05, 0) is 55.3 Å². The first-order chi connectivity index (χ1) is 15.5. The summed E-state index contributed by atoms with van der Waals surface area (Å²) in [5, 5.41) is 2.38. The maximum atomic E-state index is 11.7. The standard InChI is InChI=1S/C23H21ClN2O4S2/c1-14-19(25-21(30-14)13-31-18-8-4-16(24)5-9-18)10-11-29-17-6-2-15(3-7-17)12-20-22(27)26-23(28)32-20/h2-9,20H,10-13H2,1H3,(H,26,27,28). The van der Waals surface area contributed by atoms with Crippen molar-refractivity contribution in [3.8, 4) is 5.75 Å². The number of benzene rings is 2. The number of thioether (sulfide) groups is 2. The van der Waals surface area contributed by atoms with Gasteiger partial charge in [-0.15, -0.1) is 11.8 Å². The molecule has 1 aromatic heterocycles. The van der Waals surface area contributed by atoms with Gasteiger partial charge in [-0.1, -0.05) is 35.5 Å². The second-order valence-corrected chi connectivity index (χ2v) is 9.84. The van der Waals surface area contributed by atoms with Crippen LogP contribution in [0.1, 0.15) is 22.9 Å². The Balaban J connectivity index is 1.24. The highest BCUT2D eigenvalue weighted by molar-refractivity contribution is 8.15. The number of imide groups is 1. The molecule has 4 rings (SSSR count). The van der Waals surface area contributed by atoms with Crippen molar-refractivity contribution in [3.63, 3.8) is 0 Å². The van der Waals surface area contributed by atoms with Crippen molar-refractivity contribution in [2.45, 2.75) is 35.7 Å². The Morgan fingerprint density at radius 2 is 1.91 bits per heavy atom. The Morgan fingerprint density at radius 3 is 2.59 bits per heavy atom. The summed E-state index contributed by atoms with van der Waals surface area (Å²) >= 11 is 8.60. The molecule has 2 heterocycles. The number of ether oxygens (including phenoxy) is 1. The van der Waals surface area contributed by atoms with E-state index in [4.69, 9.17) is 20.8 Å². The second-order valence-electron chi connectivity index (χ2n) is 7.18. The number of hydrogen-bond donors (Lipinski definition) is 1. The maximum absolute atomic E-state index is 11.7. The molecule has 1 saturated heterocycles. The smallest absolute Gasteiger partial charge is 0.286 e. The lowest BCUT2D eigenvalue weighted by Gasteiger charge is -2.08. The lowest BCUT2D eigenvalue weighted by molar-refractivity contribution is -0.118. The van der Waals surface area contributed by atoms with Crippen molar-refractivity contribution in [2.75, 3.05) is 6.61 Å². The van der Waals surface area contributed by atoms with E-state index < -0.39 is 0 Å². The fourth-order valence-electron chi connectivity index (χ4n) is 3.19. The Kier molecular flexibility index (Phi) is 7.44. The molecule has 3 aromatic rings. The summed E-state index contributed by atoms with van der Waals surface area (Å²) in [5.74, 6) is 2.65. The molecule has 1 fully saturated rings. The quantitative estimate of drug-likeness (QED) is 0.401. The Morgan fingerprint density at radius 1 is 1.16 bits per heavy atom. The zero-order valence-electron chi connectivity index (χ0n) is 17.3. The predicted molar refractivity (Wildman–Crippen MR) is 127 cm³/mol. The van der Waals surface area contributed by atoms with Gasteiger partial charge < -0.3 is 9.15 Å². The summed E-state index contributed by atoms with van der Waals surface area (Å²) in [7, 11) is 0. The Hall–Kier alpha value is -2.42. The zero-order valence-corrected chi connectivity index (χ0v) is 19.7. The number of oxazole rings is 1. The normalized spacial score (nSPS) is 15.8. The zero-order chi connectivity index (χ0) is 22.5. The molecule has 2 aromatic carbocycles. The molecule has 1 atom stereocenters. The van der Waals surface area contributed by atoms with E-state index in [0.29, 0.717) is 31.1 Å². The summed E-state index contributed by atoms with van der Waals surface area (Å²) in [6.45, 7) is 2.39. The molecule has 1 N–H and O–H groups in total. The van der Waals surface area contributed by atoms with E-state index in [1.165, 1.54) is 0 Å². The van der Waals surface area contributed by atoms with E-state index in [9.17, 15) is 9.59 Å². The number of nitrogens with one attached hydrogen (secondary N) is 1. The molecule has 1 aliphatic rings. The van der Waals surface area contributed by atoms with Crippen LogP contribution >= 0.6 is 35.1 Å². The molecule has 0 bridgehead atoms. The summed E-state index contributed by atoms with van der Waals surface area (Å²) in [4.78, 5) is 28.7. The number of aryl methyl sites for hydroxylation is 1. The van der Waals surface area contributed by atoms with Crippen LogP contribution in [0.25, 0.3) is 0 Å². The van der Waals surface area contributed by atoms with Crippen molar-refractivity contribution in [3.05, 3.63) is 76.5 Å². The molecule has 0 aliphatic carbocycles. The van der Waals surface area contributed by atoms with Crippen LogP contribution in [0.2, 0.25) is 5.02 Å². The first-order valence-electron chi connectivity index (χ1n) is 10.0. The van der Waals surface area contributed by atoms with Gasteiger partial charge >= 0.3 is 0 Å². The van der Waals surface area contributed by atoms with Gasteiger partial charge in [0.25, 0.3) is 5.24 Å². The molecular weight excluding hydrogens is 468 g/mol. The van der Waals surface area contributed by atoms with E-state index in [1.54, 1.807) is 11.8 Å². The minimum Gasteiger partial charge on any atom is -0.493 e. The van der Waals surface area contributed by atoms with Gasteiger partial charge in [0, 0.05) is 16.3 Å². The fraction of sp³-hybridized carbons (Fsp3) is 0.261. The minimum absolute atomic E-state index is 0.228. The van der Waals surface area contributed by atoms with Crippen LogP contribution in [0.15, 0.2) is 57.8 Å². The second kappa shape index (κ2) is 10.5. The van der Waals surface area contributed by atoms with Crippen molar-refractivity contribution >= 4 is 46.3 Å². The number of amides is 2. The van der Waals surface area contributed by atoms with Crippen molar-refractivity contribution in [2.24, 2.45) is 0 Å². The van der Waals surface area contributed by atoms with Crippen LogP contribution in [-0.2, 0) is 23.4 Å². The summed E-state index contributed by atoms with van der Waals surface area (Å²) < 4.78 is 11.6. The van der Waals surface area contributed by atoms with Gasteiger partial charge in [-0.25, -0.2) is 4.98 Å². The largest absolute Gasteiger partial charge is 0.493 e. The lowest BCUT2D eigenvalue weighted by atomic mass is 10.1. The number of rotatable bonds is 9. The number of carbonyl (C=O) groups excluding carboxylic acids is 2. The summed E-state index contributed by atoms with van der Waals surface area (Å²) in [5.41, 5.74) is 1.87. The fourth-order valence-corrected chi connectivity index (χ4v) is 4.91. The molecule has 32 heavy (non-hydrogen) atoms. The van der Waals surface area contributed by atoms with E-state index >= 15 is 0 Å². The van der Waals surface area contributed by atoms with Gasteiger partial charge in [0.15, 0.2) is 0 Å². The van der Waals surface area contributed by atoms with Crippen LogP contribution in [-0.4, -0.2) is 28.0 Å². The first-order valence-corrected chi connectivity index (χ1v) is 12.3. The molecule has 9 heteroatoms. The van der Waals surface area contributed by atoms with Gasteiger partial charge in [-0.2, -0.15) is 0 Å².